The summed E-state index contributed by atoms with van der Waals surface area (Å²) in [5, 5.41) is 8.23. The second-order valence-electron chi connectivity index (χ2n) is 7.41. The molecule has 0 aliphatic carbocycles. The van der Waals surface area contributed by atoms with Gasteiger partial charge in [-0.3, -0.25) is 0 Å². The lowest BCUT2D eigenvalue weighted by molar-refractivity contribution is 1.67. The lowest BCUT2D eigenvalue weighted by atomic mass is 10.1. The van der Waals surface area contributed by atoms with Gasteiger partial charge in [0.2, 0.25) is 0 Å². The van der Waals surface area contributed by atoms with Crippen LogP contribution in [0.25, 0.3) is 10.8 Å². The lowest BCUT2D eigenvalue weighted by Gasteiger charge is -2.34. The van der Waals surface area contributed by atoms with Gasteiger partial charge in [-0.05, 0) is 31.5 Å². The highest BCUT2D eigenvalue weighted by atomic mass is 28.3. The first-order valence-corrected chi connectivity index (χ1v) is 12.0. The molecule has 0 unspecified atom stereocenters. The summed E-state index contributed by atoms with van der Waals surface area (Å²) < 4.78 is 0. The molecule has 29 heavy (non-hydrogen) atoms. The maximum Gasteiger partial charge on any atom is 0.179 e. The molecule has 0 aliphatic heterocycles. The van der Waals surface area contributed by atoms with Gasteiger partial charge >= 0.3 is 0 Å². The van der Waals surface area contributed by atoms with Gasteiger partial charge in [0, 0.05) is 0 Å². The third-order valence-corrected chi connectivity index (χ3v) is 10.6. The van der Waals surface area contributed by atoms with Gasteiger partial charge in [0.15, 0.2) is 8.07 Å². The minimum atomic E-state index is -2.42. The zero-order chi connectivity index (χ0) is 19.5. The van der Waals surface area contributed by atoms with Crippen molar-refractivity contribution < 1.29 is 0 Å². The quantitative estimate of drug-likeness (QED) is 0.320. The summed E-state index contributed by atoms with van der Waals surface area (Å²) in [5.41, 5.74) is 0. The molecule has 0 N–H and O–H groups in total. The van der Waals surface area contributed by atoms with E-state index in [-0.39, 0.29) is 0 Å². The summed E-state index contributed by atoms with van der Waals surface area (Å²) >= 11 is 0. The van der Waals surface area contributed by atoms with E-state index in [4.69, 9.17) is 0 Å². The predicted molar refractivity (Wildman–Crippen MR) is 128 cm³/mol. The third kappa shape index (κ3) is 3.00. The Bertz CT molecular complexity index is 1130. The van der Waals surface area contributed by atoms with E-state index in [0.29, 0.717) is 0 Å². The third-order valence-electron chi connectivity index (χ3n) is 5.80. The van der Waals surface area contributed by atoms with Gasteiger partial charge < -0.3 is 0 Å². The molecule has 0 atom stereocenters. The van der Waals surface area contributed by atoms with Gasteiger partial charge in [-0.1, -0.05) is 133 Å². The average molecular weight is 387 g/mol. The van der Waals surface area contributed by atoms with E-state index in [1.54, 1.807) is 0 Å². The molecule has 0 aromatic heterocycles. The normalized spacial score (nSPS) is 11.4. The second kappa shape index (κ2) is 7.54. The van der Waals surface area contributed by atoms with Crippen molar-refractivity contribution in [2.24, 2.45) is 0 Å². The largest absolute Gasteiger partial charge is 0.179 e. The number of hydrogen-bond donors (Lipinski definition) is 0. The Morgan fingerprint density at radius 1 is 0.310 bits per heavy atom. The summed E-state index contributed by atoms with van der Waals surface area (Å²) in [6.07, 6.45) is 0. The summed E-state index contributed by atoms with van der Waals surface area (Å²) in [4.78, 5) is 0. The Balaban J connectivity index is 1.92. The summed E-state index contributed by atoms with van der Waals surface area (Å²) in [6.45, 7) is 0. The molecule has 5 rings (SSSR count). The second-order valence-corrected chi connectivity index (χ2v) is 11.2. The van der Waals surface area contributed by atoms with Crippen LogP contribution < -0.4 is 20.7 Å². The zero-order valence-electron chi connectivity index (χ0n) is 16.2. The van der Waals surface area contributed by atoms with E-state index in [2.05, 4.69) is 133 Å². The molecular formula is C28H22Si. The number of hydrogen-bond acceptors (Lipinski definition) is 0. The minimum absolute atomic E-state index is 1.29. The smallest absolute Gasteiger partial charge is 0.0623 e. The van der Waals surface area contributed by atoms with E-state index < -0.39 is 8.07 Å². The van der Waals surface area contributed by atoms with Crippen LogP contribution in [0.5, 0.6) is 0 Å². The van der Waals surface area contributed by atoms with Crippen LogP contribution in [-0.2, 0) is 0 Å². The number of rotatable bonds is 4. The van der Waals surface area contributed by atoms with Crippen LogP contribution in [0.2, 0.25) is 0 Å². The van der Waals surface area contributed by atoms with E-state index >= 15 is 0 Å². The molecule has 138 valence electrons. The Labute approximate surface area is 173 Å². The Morgan fingerprint density at radius 3 is 1.21 bits per heavy atom. The van der Waals surface area contributed by atoms with Crippen molar-refractivity contribution in [2.45, 2.75) is 0 Å². The fraction of sp³-hybridized carbons (Fsp3) is 0. The fourth-order valence-corrected chi connectivity index (χ4v) is 9.27. The van der Waals surface area contributed by atoms with E-state index in [9.17, 15) is 0 Å². The standard InChI is InChI=1S/C28H22Si/c1-4-14-25(15-5-1)29(26-16-6-2-7-17-26,27-18-8-3-9-19-27)28-21-20-23-12-10-11-13-24(23)22-28/h1-22H. The molecule has 0 aliphatic rings. The molecular weight excluding hydrogens is 364 g/mol. The molecule has 5 aromatic carbocycles. The topological polar surface area (TPSA) is 0 Å². The highest BCUT2D eigenvalue weighted by Crippen LogP contribution is 2.15. The van der Waals surface area contributed by atoms with Gasteiger partial charge in [-0.2, -0.15) is 0 Å². The van der Waals surface area contributed by atoms with Crippen LogP contribution >= 0.6 is 0 Å². The van der Waals surface area contributed by atoms with Crippen molar-refractivity contribution in [3.8, 4) is 0 Å². The molecule has 0 heterocycles. The Kier molecular flexibility index (Phi) is 4.59. The Morgan fingerprint density at radius 2 is 0.724 bits per heavy atom. The SMILES string of the molecule is c1ccc([Si](c2ccccc2)(c2ccccc2)c2ccc3ccccc3c2)cc1. The summed E-state index contributed by atoms with van der Waals surface area (Å²) in [6, 6.07) is 48.9. The van der Waals surface area contributed by atoms with Crippen molar-refractivity contribution in [2.75, 3.05) is 0 Å². The summed E-state index contributed by atoms with van der Waals surface area (Å²) in [5.74, 6) is 0. The molecule has 0 bridgehead atoms. The van der Waals surface area contributed by atoms with Gasteiger partial charge in [-0.25, -0.2) is 0 Å². The molecule has 0 nitrogen and oxygen atoms in total. The van der Waals surface area contributed by atoms with Crippen LogP contribution in [-0.4, -0.2) is 8.07 Å². The molecule has 1 heteroatoms. The highest BCUT2D eigenvalue weighted by Gasteiger charge is 2.41. The minimum Gasteiger partial charge on any atom is -0.0623 e. The first kappa shape index (κ1) is 17.7. The van der Waals surface area contributed by atoms with Crippen molar-refractivity contribution in [1.82, 2.24) is 0 Å². The number of fused-ring (bicyclic) bond motifs is 1. The van der Waals surface area contributed by atoms with Crippen LogP contribution in [0.15, 0.2) is 133 Å². The Hall–Kier alpha value is -3.42. The van der Waals surface area contributed by atoms with Crippen molar-refractivity contribution >= 4 is 39.6 Å². The van der Waals surface area contributed by atoms with E-state index in [1.165, 1.54) is 31.5 Å². The van der Waals surface area contributed by atoms with E-state index in [0.717, 1.165) is 0 Å². The number of benzene rings is 5. The maximum absolute atomic E-state index is 2.42. The van der Waals surface area contributed by atoms with Crippen LogP contribution in [0.3, 0.4) is 0 Å². The molecule has 0 amide bonds. The molecule has 0 saturated heterocycles. The van der Waals surface area contributed by atoms with Crippen molar-refractivity contribution in [3.05, 3.63) is 133 Å². The zero-order valence-corrected chi connectivity index (χ0v) is 17.2. The van der Waals surface area contributed by atoms with Gasteiger partial charge in [-0.15, -0.1) is 0 Å². The van der Waals surface area contributed by atoms with Crippen LogP contribution in [0.4, 0.5) is 0 Å². The van der Waals surface area contributed by atoms with Gasteiger partial charge in [0.05, 0.1) is 0 Å². The molecule has 0 spiro atoms. The van der Waals surface area contributed by atoms with Crippen LogP contribution in [0, 0.1) is 0 Å². The first-order chi connectivity index (χ1) is 14.4. The fourth-order valence-electron chi connectivity index (χ4n) is 4.49. The first-order valence-electron chi connectivity index (χ1n) is 10.0. The predicted octanol–water partition coefficient (Wildman–Crippen LogP) is 4.22. The van der Waals surface area contributed by atoms with Crippen molar-refractivity contribution in [3.63, 3.8) is 0 Å². The van der Waals surface area contributed by atoms with Crippen LogP contribution in [0.1, 0.15) is 0 Å². The van der Waals surface area contributed by atoms with Crippen molar-refractivity contribution in [1.29, 1.82) is 0 Å². The molecule has 0 fully saturated rings. The molecule has 0 radical (unpaired) electrons. The molecule has 0 saturated carbocycles. The van der Waals surface area contributed by atoms with Gasteiger partial charge in [0.1, 0.15) is 0 Å². The van der Waals surface area contributed by atoms with E-state index in [1.807, 2.05) is 0 Å². The average Bonchev–Trinajstić information content (AvgIpc) is 2.82. The highest BCUT2D eigenvalue weighted by molar-refractivity contribution is 7.19. The summed E-state index contributed by atoms with van der Waals surface area (Å²) in [7, 11) is -2.42. The molecule has 5 aromatic rings. The lowest BCUT2D eigenvalue weighted by Crippen LogP contribution is -2.74. The monoisotopic (exact) mass is 386 g/mol. The van der Waals surface area contributed by atoms with Gasteiger partial charge in [0.25, 0.3) is 0 Å². The maximum atomic E-state index is 2.41.